The van der Waals surface area contributed by atoms with Crippen molar-refractivity contribution in [1.29, 1.82) is 0 Å². The molecule has 0 aliphatic carbocycles. The standard InChI is InChI=1S/C12H11N5O/c18-12(10-8-13-16-15-10)11-6-7-14-17(11)9-4-2-1-3-5-9/h1-8,12,18H,(H,13,15,16). The third kappa shape index (κ3) is 1.78. The lowest BCUT2D eigenvalue weighted by atomic mass is 10.2. The third-order valence-corrected chi connectivity index (χ3v) is 2.67. The molecule has 2 N–H and O–H groups in total. The predicted molar refractivity (Wildman–Crippen MR) is 64.0 cm³/mol. The molecule has 0 aliphatic heterocycles. The Morgan fingerprint density at radius 3 is 2.72 bits per heavy atom. The summed E-state index contributed by atoms with van der Waals surface area (Å²) in [6, 6.07) is 11.4. The summed E-state index contributed by atoms with van der Waals surface area (Å²) in [6.07, 6.45) is 2.28. The van der Waals surface area contributed by atoms with Crippen LogP contribution in [0.2, 0.25) is 0 Å². The van der Waals surface area contributed by atoms with Crippen LogP contribution < -0.4 is 0 Å². The lowest BCUT2D eigenvalue weighted by molar-refractivity contribution is 0.207. The monoisotopic (exact) mass is 241 g/mol. The molecule has 3 rings (SSSR count). The Bertz CT molecular complexity index is 617. The second-order valence-corrected chi connectivity index (χ2v) is 3.80. The van der Waals surface area contributed by atoms with Crippen molar-refractivity contribution in [3.05, 3.63) is 60.2 Å². The van der Waals surface area contributed by atoms with E-state index in [1.165, 1.54) is 6.20 Å². The number of H-pyrrole nitrogens is 1. The van der Waals surface area contributed by atoms with Gasteiger partial charge in [0.1, 0.15) is 11.8 Å². The molecule has 90 valence electrons. The summed E-state index contributed by atoms with van der Waals surface area (Å²) in [4.78, 5) is 0. The van der Waals surface area contributed by atoms with E-state index in [9.17, 15) is 5.11 Å². The van der Waals surface area contributed by atoms with Gasteiger partial charge in [-0.15, -0.1) is 0 Å². The number of aromatic amines is 1. The highest BCUT2D eigenvalue weighted by Crippen LogP contribution is 2.21. The topological polar surface area (TPSA) is 79.6 Å². The third-order valence-electron chi connectivity index (χ3n) is 2.67. The fraction of sp³-hybridized carbons (Fsp3) is 0.0833. The first-order chi connectivity index (χ1) is 8.86. The van der Waals surface area contributed by atoms with Crippen molar-refractivity contribution in [2.75, 3.05) is 0 Å². The molecule has 2 heterocycles. The Morgan fingerprint density at radius 2 is 2.00 bits per heavy atom. The van der Waals surface area contributed by atoms with Gasteiger partial charge >= 0.3 is 0 Å². The first-order valence-corrected chi connectivity index (χ1v) is 5.49. The molecule has 0 radical (unpaired) electrons. The summed E-state index contributed by atoms with van der Waals surface area (Å²) in [7, 11) is 0. The molecule has 2 aromatic heterocycles. The molecule has 1 atom stereocenters. The van der Waals surface area contributed by atoms with Crippen molar-refractivity contribution in [2.45, 2.75) is 6.10 Å². The van der Waals surface area contributed by atoms with Crippen LogP contribution in [0, 0.1) is 0 Å². The van der Waals surface area contributed by atoms with Crippen LogP contribution in [0.25, 0.3) is 5.69 Å². The number of hydrogen-bond acceptors (Lipinski definition) is 4. The zero-order chi connectivity index (χ0) is 12.4. The quantitative estimate of drug-likeness (QED) is 0.719. The molecule has 1 aromatic carbocycles. The summed E-state index contributed by atoms with van der Waals surface area (Å²) in [6.45, 7) is 0. The zero-order valence-corrected chi connectivity index (χ0v) is 9.43. The van der Waals surface area contributed by atoms with Crippen molar-refractivity contribution < 1.29 is 5.11 Å². The highest BCUT2D eigenvalue weighted by molar-refractivity contribution is 5.34. The molecule has 3 aromatic rings. The maximum atomic E-state index is 10.2. The van der Waals surface area contributed by atoms with Crippen LogP contribution in [0.5, 0.6) is 0 Å². The number of aliphatic hydroxyl groups excluding tert-OH is 1. The smallest absolute Gasteiger partial charge is 0.141 e. The number of para-hydroxylation sites is 1. The van der Waals surface area contributed by atoms with Gasteiger partial charge in [0, 0.05) is 6.20 Å². The number of aliphatic hydroxyl groups is 1. The SMILES string of the molecule is OC(c1cn[nH]n1)c1ccnn1-c1ccccc1. The number of nitrogens with one attached hydrogen (secondary N) is 1. The number of hydrogen-bond donors (Lipinski definition) is 2. The molecule has 18 heavy (non-hydrogen) atoms. The summed E-state index contributed by atoms with van der Waals surface area (Å²) in [5, 5.41) is 24.5. The maximum Gasteiger partial charge on any atom is 0.141 e. The molecule has 0 amide bonds. The average molecular weight is 241 g/mol. The molecule has 6 heteroatoms. The number of benzene rings is 1. The minimum Gasteiger partial charge on any atom is -0.380 e. The normalized spacial score (nSPS) is 12.5. The van der Waals surface area contributed by atoms with E-state index in [-0.39, 0.29) is 0 Å². The molecule has 0 saturated heterocycles. The second kappa shape index (κ2) is 4.42. The Labute approximate surface area is 103 Å². The lowest BCUT2D eigenvalue weighted by Crippen LogP contribution is -2.08. The van der Waals surface area contributed by atoms with Crippen LogP contribution in [-0.2, 0) is 0 Å². The van der Waals surface area contributed by atoms with Crippen molar-refractivity contribution in [1.82, 2.24) is 25.2 Å². The van der Waals surface area contributed by atoms with Gasteiger partial charge in [-0.3, -0.25) is 0 Å². The van der Waals surface area contributed by atoms with Gasteiger partial charge in [-0.1, -0.05) is 18.2 Å². The fourth-order valence-electron chi connectivity index (χ4n) is 1.80. The minimum absolute atomic E-state index is 0.465. The molecule has 1 unspecified atom stereocenters. The Hall–Kier alpha value is -2.47. The molecule has 0 fully saturated rings. The van der Waals surface area contributed by atoms with Crippen molar-refractivity contribution in [3.8, 4) is 5.69 Å². The van der Waals surface area contributed by atoms with E-state index in [4.69, 9.17) is 0 Å². The molecule has 6 nitrogen and oxygen atoms in total. The average Bonchev–Trinajstić information content (AvgIpc) is 3.10. The summed E-state index contributed by atoms with van der Waals surface area (Å²) >= 11 is 0. The van der Waals surface area contributed by atoms with Crippen LogP contribution in [0.3, 0.4) is 0 Å². The number of aromatic nitrogens is 5. The van der Waals surface area contributed by atoms with E-state index in [2.05, 4.69) is 20.5 Å². The van der Waals surface area contributed by atoms with Gasteiger partial charge in [-0.05, 0) is 18.2 Å². The van der Waals surface area contributed by atoms with Crippen LogP contribution >= 0.6 is 0 Å². The fourth-order valence-corrected chi connectivity index (χ4v) is 1.80. The highest BCUT2D eigenvalue weighted by Gasteiger charge is 2.18. The Kier molecular flexibility index (Phi) is 2.62. The van der Waals surface area contributed by atoms with Crippen LogP contribution in [-0.4, -0.2) is 30.3 Å². The minimum atomic E-state index is -0.855. The van der Waals surface area contributed by atoms with E-state index >= 15 is 0 Å². The Morgan fingerprint density at radius 1 is 1.17 bits per heavy atom. The van der Waals surface area contributed by atoms with E-state index in [1.807, 2.05) is 30.3 Å². The predicted octanol–water partition coefficient (Wildman–Crippen LogP) is 1.07. The highest BCUT2D eigenvalue weighted by atomic mass is 16.3. The van der Waals surface area contributed by atoms with E-state index in [0.29, 0.717) is 11.4 Å². The van der Waals surface area contributed by atoms with Gasteiger partial charge in [0.05, 0.1) is 17.6 Å². The molecular formula is C12H11N5O. The van der Waals surface area contributed by atoms with Gasteiger partial charge in [-0.2, -0.15) is 20.5 Å². The summed E-state index contributed by atoms with van der Waals surface area (Å²) < 4.78 is 1.68. The first kappa shape index (κ1) is 10.7. The van der Waals surface area contributed by atoms with Gasteiger partial charge in [0.25, 0.3) is 0 Å². The first-order valence-electron chi connectivity index (χ1n) is 5.49. The van der Waals surface area contributed by atoms with Gasteiger partial charge < -0.3 is 5.11 Å². The largest absolute Gasteiger partial charge is 0.380 e. The Balaban J connectivity index is 2.02. The van der Waals surface area contributed by atoms with Crippen molar-refractivity contribution >= 4 is 0 Å². The van der Waals surface area contributed by atoms with Crippen LogP contribution in [0.15, 0.2) is 48.8 Å². The maximum absolute atomic E-state index is 10.2. The number of rotatable bonds is 3. The van der Waals surface area contributed by atoms with Crippen LogP contribution in [0.4, 0.5) is 0 Å². The summed E-state index contributed by atoms with van der Waals surface area (Å²) in [5.41, 5.74) is 2.00. The summed E-state index contributed by atoms with van der Waals surface area (Å²) in [5.74, 6) is 0. The second-order valence-electron chi connectivity index (χ2n) is 3.80. The van der Waals surface area contributed by atoms with E-state index < -0.39 is 6.10 Å². The van der Waals surface area contributed by atoms with Gasteiger partial charge in [-0.25, -0.2) is 4.68 Å². The van der Waals surface area contributed by atoms with Crippen molar-refractivity contribution in [2.24, 2.45) is 0 Å². The van der Waals surface area contributed by atoms with Gasteiger partial charge in [0.2, 0.25) is 0 Å². The number of nitrogens with zero attached hydrogens (tertiary/aromatic N) is 4. The molecule has 0 saturated carbocycles. The zero-order valence-electron chi connectivity index (χ0n) is 9.43. The van der Waals surface area contributed by atoms with Crippen LogP contribution in [0.1, 0.15) is 17.5 Å². The van der Waals surface area contributed by atoms with E-state index in [0.717, 1.165) is 5.69 Å². The molecule has 0 bridgehead atoms. The van der Waals surface area contributed by atoms with Gasteiger partial charge in [0.15, 0.2) is 0 Å². The molecular weight excluding hydrogens is 230 g/mol. The van der Waals surface area contributed by atoms with Crippen molar-refractivity contribution in [3.63, 3.8) is 0 Å². The molecule has 0 spiro atoms. The lowest BCUT2D eigenvalue weighted by Gasteiger charge is -2.10. The van der Waals surface area contributed by atoms with E-state index in [1.54, 1.807) is 16.9 Å². The molecule has 0 aliphatic rings.